The molecule has 0 saturated heterocycles. The molecule has 0 spiro atoms. The summed E-state index contributed by atoms with van der Waals surface area (Å²) in [6.07, 6.45) is 0. The van der Waals surface area contributed by atoms with Crippen LogP contribution in [0, 0.1) is 0 Å². The summed E-state index contributed by atoms with van der Waals surface area (Å²) in [5, 5.41) is 14.8. The van der Waals surface area contributed by atoms with Gasteiger partial charge >= 0.3 is 0 Å². The van der Waals surface area contributed by atoms with Crippen molar-refractivity contribution in [2.45, 2.75) is 13.2 Å². The molecule has 0 unspecified atom stereocenters. The minimum Gasteiger partial charge on any atom is -0.493 e. The Morgan fingerprint density at radius 2 is 2.10 bits per heavy atom. The average Bonchev–Trinajstić information content (AvgIpc) is 3.37. The van der Waals surface area contributed by atoms with Crippen molar-refractivity contribution < 1.29 is 18.9 Å². The van der Waals surface area contributed by atoms with Crippen LogP contribution in [0.2, 0.25) is 0 Å². The fraction of sp³-hybridized carbons (Fsp3) is 0.278. The lowest BCUT2D eigenvalue weighted by Crippen LogP contribution is -2.32. The molecule has 0 fully saturated rings. The van der Waals surface area contributed by atoms with Gasteiger partial charge in [-0.2, -0.15) is 0 Å². The Hall–Kier alpha value is -2.82. The fourth-order valence-electron chi connectivity index (χ4n) is 2.42. The third kappa shape index (κ3) is 6.34. The smallest absolute Gasteiger partial charge is 0.277 e. The first kappa shape index (κ1) is 22.5. The van der Waals surface area contributed by atoms with Crippen LogP contribution in [-0.2, 0) is 13.2 Å². The molecular formula is C18H22ClN5O4S. The van der Waals surface area contributed by atoms with Crippen molar-refractivity contribution in [2.75, 3.05) is 25.9 Å². The zero-order valence-corrected chi connectivity index (χ0v) is 17.3. The summed E-state index contributed by atoms with van der Waals surface area (Å²) in [5.41, 5.74) is 6.50. The lowest BCUT2D eigenvalue weighted by molar-refractivity contribution is 0.0944. The standard InChI is InChI=1S/C18H21N5O4S.ClH/c1-25-15-9-12(4-5-14(15)26-11-13-3-2-8-28-13)10-20-6-7-21-18(24)16-17(19)23-27-22-16;/h2-5,8-9,20H,6-7,10-11H2,1H3,(H2,19,23)(H,21,24);1H. The SMILES string of the molecule is COc1cc(CNCCNC(=O)c2nonc2N)ccc1OCc1cccs1.Cl. The molecule has 0 aliphatic rings. The van der Waals surface area contributed by atoms with Crippen LogP contribution in [-0.4, -0.2) is 36.4 Å². The van der Waals surface area contributed by atoms with Crippen LogP contribution in [0.25, 0.3) is 0 Å². The number of nitrogens with zero attached hydrogens (tertiary/aromatic N) is 2. The van der Waals surface area contributed by atoms with E-state index in [-0.39, 0.29) is 23.9 Å². The number of thiophene rings is 1. The van der Waals surface area contributed by atoms with Crippen molar-refractivity contribution in [3.63, 3.8) is 0 Å². The highest BCUT2D eigenvalue weighted by Crippen LogP contribution is 2.29. The van der Waals surface area contributed by atoms with Gasteiger partial charge in [-0.1, -0.05) is 12.1 Å². The molecule has 3 rings (SSSR count). The van der Waals surface area contributed by atoms with E-state index >= 15 is 0 Å². The number of anilines is 1. The molecule has 0 bridgehead atoms. The number of carbonyl (C=O) groups excluding carboxylic acids is 1. The van der Waals surface area contributed by atoms with Crippen molar-refractivity contribution in [1.82, 2.24) is 20.9 Å². The average molecular weight is 440 g/mol. The summed E-state index contributed by atoms with van der Waals surface area (Å²) in [6, 6.07) is 9.82. The Kier molecular flexibility index (Phi) is 8.71. The van der Waals surface area contributed by atoms with Crippen LogP contribution in [0.15, 0.2) is 40.3 Å². The molecule has 4 N–H and O–H groups in total. The summed E-state index contributed by atoms with van der Waals surface area (Å²) >= 11 is 1.65. The van der Waals surface area contributed by atoms with Crippen molar-refractivity contribution in [3.8, 4) is 11.5 Å². The van der Waals surface area contributed by atoms with Crippen LogP contribution in [0.5, 0.6) is 11.5 Å². The second kappa shape index (κ2) is 11.2. The molecule has 0 radical (unpaired) electrons. The van der Waals surface area contributed by atoms with Crippen LogP contribution >= 0.6 is 23.7 Å². The van der Waals surface area contributed by atoms with Gasteiger partial charge in [-0.3, -0.25) is 4.79 Å². The van der Waals surface area contributed by atoms with Crippen molar-refractivity contribution in [2.24, 2.45) is 0 Å². The molecule has 29 heavy (non-hydrogen) atoms. The Labute approximate surface area is 177 Å². The van der Waals surface area contributed by atoms with E-state index in [1.54, 1.807) is 18.4 Å². The molecule has 156 valence electrons. The number of methoxy groups -OCH3 is 1. The van der Waals surface area contributed by atoms with E-state index in [4.69, 9.17) is 15.2 Å². The predicted octanol–water partition coefficient (Wildman–Crippen LogP) is 2.24. The molecule has 2 aromatic heterocycles. The normalized spacial score (nSPS) is 10.2. The number of hydrogen-bond donors (Lipinski definition) is 3. The third-order valence-electron chi connectivity index (χ3n) is 3.82. The van der Waals surface area contributed by atoms with Gasteiger partial charge in [0.2, 0.25) is 11.5 Å². The second-order valence-electron chi connectivity index (χ2n) is 5.78. The Morgan fingerprint density at radius 3 is 2.79 bits per heavy atom. The second-order valence-corrected chi connectivity index (χ2v) is 6.82. The van der Waals surface area contributed by atoms with E-state index in [2.05, 4.69) is 25.6 Å². The van der Waals surface area contributed by atoms with Crippen LogP contribution in [0.4, 0.5) is 5.82 Å². The predicted molar refractivity (Wildman–Crippen MR) is 112 cm³/mol. The third-order valence-corrected chi connectivity index (χ3v) is 4.67. The number of nitrogens with one attached hydrogen (secondary N) is 2. The molecule has 0 saturated carbocycles. The van der Waals surface area contributed by atoms with Gasteiger partial charge in [0.1, 0.15) is 6.61 Å². The monoisotopic (exact) mass is 439 g/mol. The highest BCUT2D eigenvalue weighted by Gasteiger charge is 2.14. The van der Waals surface area contributed by atoms with Crippen molar-refractivity contribution >= 4 is 35.5 Å². The maximum absolute atomic E-state index is 11.8. The number of ether oxygens (including phenoxy) is 2. The number of nitrogen functional groups attached to an aromatic ring is 1. The van der Waals surface area contributed by atoms with Gasteiger partial charge in [-0.15, -0.1) is 23.7 Å². The Morgan fingerprint density at radius 1 is 1.24 bits per heavy atom. The molecule has 9 nitrogen and oxygen atoms in total. The van der Waals surface area contributed by atoms with Gasteiger partial charge in [0.05, 0.1) is 7.11 Å². The molecule has 0 aliphatic carbocycles. The number of aromatic nitrogens is 2. The summed E-state index contributed by atoms with van der Waals surface area (Å²) < 4.78 is 15.7. The summed E-state index contributed by atoms with van der Waals surface area (Å²) in [5.74, 6) is 0.928. The van der Waals surface area contributed by atoms with Crippen molar-refractivity contribution in [1.29, 1.82) is 0 Å². The minimum atomic E-state index is -0.422. The van der Waals surface area contributed by atoms with E-state index in [9.17, 15) is 4.79 Å². The number of hydrogen-bond acceptors (Lipinski definition) is 9. The van der Waals surface area contributed by atoms with Gasteiger partial charge < -0.3 is 25.8 Å². The molecule has 2 heterocycles. The number of halogens is 1. The quantitative estimate of drug-likeness (QED) is 0.411. The lowest BCUT2D eigenvalue weighted by Gasteiger charge is -2.12. The van der Waals surface area contributed by atoms with Crippen LogP contribution in [0.1, 0.15) is 20.9 Å². The number of benzene rings is 1. The summed E-state index contributed by atoms with van der Waals surface area (Å²) in [4.78, 5) is 13.0. The maximum Gasteiger partial charge on any atom is 0.277 e. The summed E-state index contributed by atoms with van der Waals surface area (Å²) in [7, 11) is 1.62. The zero-order valence-electron chi connectivity index (χ0n) is 15.7. The molecule has 11 heteroatoms. The zero-order chi connectivity index (χ0) is 19.8. The molecule has 3 aromatic rings. The van der Waals surface area contributed by atoms with Crippen LogP contribution < -0.4 is 25.8 Å². The molecule has 1 aromatic carbocycles. The Balaban J connectivity index is 0.00000300. The van der Waals surface area contributed by atoms with Gasteiger partial charge in [0.15, 0.2) is 11.5 Å². The number of nitrogens with two attached hydrogens (primary N) is 1. The van der Waals surface area contributed by atoms with E-state index in [0.717, 1.165) is 10.4 Å². The highest BCUT2D eigenvalue weighted by atomic mass is 35.5. The first-order valence-corrected chi connectivity index (χ1v) is 9.44. The van der Waals surface area contributed by atoms with Crippen molar-refractivity contribution in [3.05, 3.63) is 51.8 Å². The van der Waals surface area contributed by atoms with Gasteiger partial charge in [-0.05, 0) is 39.5 Å². The van der Waals surface area contributed by atoms with E-state index in [0.29, 0.717) is 37.7 Å². The molecule has 0 atom stereocenters. The maximum atomic E-state index is 11.8. The number of amides is 1. The lowest BCUT2D eigenvalue weighted by atomic mass is 10.2. The van der Waals surface area contributed by atoms with Gasteiger partial charge in [0.25, 0.3) is 5.91 Å². The topological polar surface area (TPSA) is 125 Å². The highest BCUT2D eigenvalue weighted by molar-refractivity contribution is 7.09. The molecule has 0 aliphatic heterocycles. The number of rotatable bonds is 10. The Bertz CT molecular complexity index is 904. The molecular weight excluding hydrogens is 418 g/mol. The molecule has 1 amide bonds. The van der Waals surface area contributed by atoms with Crippen LogP contribution in [0.3, 0.4) is 0 Å². The fourth-order valence-corrected chi connectivity index (χ4v) is 3.03. The van der Waals surface area contributed by atoms with Gasteiger partial charge in [-0.25, -0.2) is 4.63 Å². The minimum absolute atomic E-state index is 0. The largest absolute Gasteiger partial charge is 0.493 e. The van der Waals surface area contributed by atoms with E-state index in [1.807, 2.05) is 35.7 Å². The van der Waals surface area contributed by atoms with E-state index < -0.39 is 5.91 Å². The summed E-state index contributed by atoms with van der Waals surface area (Å²) in [6.45, 7) is 2.10. The number of carbonyl (C=O) groups is 1. The first-order valence-electron chi connectivity index (χ1n) is 8.56. The van der Waals surface area contributed by atoms with Gasteiger partial charge in [0, 0.05) is 24.5 Å². The van der Waals surface area contributed by atoms with E-state index in [1.165, 1.54) is 0 Å². The first-order chi connectivity index (χ1) is 13.7.